The van der Waals surface area contributed by atoms with E-state index in [1.807, 2.05) is 47.3 Å². The Morgan fingerprint density at radius 3 is 2.62 bits per heavy atom. The van der Waals surface area contributed by atoms with Gasteiger partial charge in [0.15, 0.2) is 0 Å². The molecule has 0 bridgehead atoms. The second kappa shape index (κ2) is 6.25. The Kier molecular flexibility index (Phi) is 3.74. The zero-order chi connectivity index (χ0) is 17.5. The molecule has 7 heteroatoms. The van der Waals surface area contributed by atoms with E-state index in [9.17, 15) is 5.11 Å². The van der Waals surface area contributed by atoms with E-state index in [0.717, 1.165) is 31.5 Å². The summed E-state index contributed by atoms with van der Waals surface area (Å²) in [5.41, 5.74) is 0.952. The van der Waals surface area contributed by atoms with Gasteiger partial charge in [0.05, 0.1) is 12.1 Å². The monoisotopic (exact) mass is 351 g/mol. The number of fused-ring (bicyclic) bond motifs is 1. The van der Waals surface area contributed by atoms with Gasteiger partial charge in [-0.2, -0.15) is 10.1 Å². The smallest absolute Gasteiger partial charge is 0.324 e. The van der Waals surface area contributed by atoms with E-state index in [0.29, 0.717) is 23.7 Å². The molecule has 0 unspecified atom stereocenters. The van der Waals surface area contributed by atoms with Crippen molar-refractivity contribution in [3.8, 4) is 11.4 Å². The molecule has 2 aromatic heterocycles. The number of anilines is 1. The molecule has 2 fully saturated rings. The van der Waals surface area contributed by atoms with Crippen LogP contribution in [-0.2, 0) is 0 Å². The largest absolute Gasteiger partial charge is 0.391 e. The van der Waals surface area contributed by atoms with Crippen LogP contribution in [0, 0.1) is 11.8 Å². The Labute approximate surface area is 151 Å². The van der Waals surface area contributed by atoms with Gasteiger partial charge >= 0.3 is 6.01 Å². The minimum absolute atomic E-state index is 0.0498. The summed E-state index contributed by atoms with van der Waals surface area (Å²) in [6.45, 7) is 1.73. The zero-order valence-corrected chi connectivity index (χ0v) is 14.3. The predicted octanol–water partition coefficient (Wildman–Crippen LogP) is 2.38. The highest BCUT2D eigenvalue weighted by Crippen LogP contribution is 2.42. The number of aliphatic hydroxyl groups excluding tert-OH is 1. The van der Waals surface area contributed by atoms with Crippen molar-refractivity contribution in [3.63, 3.8) is 0 Å². The second-order valence-corrected chi connectivity index (χ2v) is 7.28. The van der Waals surface area contributed by atoms with Crippen LogP contribution in [0.2, 0.25) is 0 Å². The highest BCUT2D eigenvalue weighted by molar-refractivity contribution is 5.55. The fourth-order valence-corrected chi connectivity index (χ4v) is 4.37. The molecule has 134 valence electrons. The van der Waals surface area contributed by atoms with Crippen molar-refractivity contribution in [3.05, 3.63) is 48.8 Å². The number of aliphatic hydroxyl groups is 1. The van der Waals surface area contributed by atoms with Gasteiger partial charge in [-0.15, -0.1) is 0 Å². The molecule has 26 heavy (non-hydrogen) atoms. The molecule has 1 N–H and O–H groups in total. The van der Waals surface area contributed by atoms with Gasteiger partial charge in [0.1, 0.15) is 0 Å². The molecule has 1 saturated heterocycles. The fraction of sp³-hybridized carbons (Fsp3) is 0.421. The number of benzene rings is 1. The first-order chi connectivity index (χ1) is 12.8. The number of rotatable bonds is 3. The molecule has 1 aromatic carbocycles. The Bertz CT molecular complexity index is 863. The minimum atomic E-state index is -0.362. The molecule has 0 radical (unpaired) electrons. The van der Waals surface area contributed by atoms with Gasteiger partial charge in [-0.1, -0.05) is 35.5 Å². The molecule has 4 atom stereocenters. The first-order valence-electron chi connectivity index (χ1n) is 9.09. The highest BCUT2D eigenvalue weighted by atomic mass is 16.5. The van der Waals surface area contributed by atoms with E-state index in [2.05, 4.69) is 20.1 Å². The standard InChI is InChI=1S/C19H21N5O2/c25-17-10-15-12-23(11-14(15)9-16(17)24-8-4-7-20-24)19-21-18(22-26-19)13-5-2-1-3-6-13/h1-8,14-17,25H,9-12H2/t14-,15+,16-,17-/m1/s1. The maximum atomic E-state index is 10.6. The van der Waals surface area contributed by atoms with Gasteiger partial charge in [-0.25, -0.2) is 0 Å². The van der Waals surface area contributed by atoms with Crippen molar-refractivity contribution in [1.29, 1.82) is 0 Å². The lowest BCUT2D eigenvalue weighted by molar-refractivity contribution is 0.0306. The summed E-state index contributed by atoms with van der Waals surface area (Å²) < 4.78 is 7.41. The molecule has 3 aromatic rings. The van der Waals surface area contributed by atoms with Crippen molar-refractivity contribution >= 4 is 6.01 Å². The van der Waals surface area contributed by atoms with E-state index in [1.165, 1.54) is 0 Å². The van der Waals surface area contributed by atoms with Crippen LogP contribution < -0.4 is 4.90 Å². The summed E-state index contributed by atoms with van der Waals surface area (Å²) >= 11 is 0. The third-order valence-electron chi connectivity index (χ3n) is 5.69. The number of hydrogen-bond acceptors (Lipinski definition) is 6. The van der Waals surface area contributed by atoms with E-state index in [-0.39, 0.29) is 12.1 Å². The Hall–Kier alpha value is -2.67. The van der Waals surface area contributed by atoms with Crippen molar-refractivity contribution in [2.45, 2.75) is 25.0 Å². The van der Waals surface area contributed by atoms with Crippen LogP contribution in [0.25, 0.3) is 11.4 Å². The summed E-state index contributed by atoms with van der Waals surface area (Å²) in [5.74, 6) is 1.56. The van der Waals surface area contributed by atoms with Crippen LogP contribution in [0.3, 0.4) is 0 Å². The van der Waals surface area contributed by atoms with Crippen LogP contribution in [0.5, 0.6) is 0 Å². The minimum Gasteiger partial charge on any atom is -0.391 e. The highest BCUT2D eigenvalue weighted by Gasteiger charge is 2.43. The summed E-state index contributed by atoms with van der Waals surface area (Å²) in [5, 5.41) is 19.0. The Morgan fingerprint density at radius 2 is 1.85 bits per heavy atom. The lowest BCUT2D eigenvalue weighted by atomic mass is 9.77. The SMILES string of the molecule is O[C@@H]1C[C@H]2CN(c3nc(-c4ccccc4)no3)C[C@H]2C[C@H]1n1cccn1. The molecular formula is C19H21N5O2. The van der Waals surface area contributed by atoms with E-state index in [4.69, 9.17) is 4.52 Å². The molecule has 1 aliphatic heterocycles. The third kappa shape index (κ3) is 2.68. The van der Waals surface area contributed by atoms with Crippen LogP contribution in [0.4, 0.5) is 6.01 Å². The number of hydrogen-bond donors (Lipinski definition) is 1. The lowest BCUT2D eigenvalue weighted by Crippen LogP contribution is -2.36. The molecule has 5 rings (SSSR count). The molecule has 1 saturated carbocycles. The van der Waals surface area contributed by atoms with E-state index < -0.39 is 0 Å². The Balaban J connectivity index is 1.32. The van der Waals surface area contributed by atoms with Crippen LogP contribution in [-0.4, -0.2) is 44.2 Å². The van der Waals surface area contributed by atoms with E-state index >= 15 is 0 Å². The normalized spacial score (nSPS) is 28.3. The Morgan fingerprint density at radius 1 is 1.04 bits per heavy atom. The van der Waals surface area contributed by atoms with Crippen LogP contribution >= 0.6 is 0 Å². The van der Waals surface area contributed by atoms with Crippen molar-refractivity contribution in [2.24, 2.45) is 11.8 Å². The summed E-state index contributed by atoms with van der Waals surface area (Å²) in [6.07, 6.45) is 5.04. The van der Waals surface area contributed by atoms with Gasteiger partial charge in [-0.3, -0.25) is 4.68 Å². The van der Waals surface area contributed by atoms with Gasteiger partial charge in [0.2, 0.25) is 5.82 Å². The first kappa shape index (κ1) is 15.6. The van der Waals surface area contributed by atoms with Crippen molar-refractivity contribution in [1.82, 2.24) is 19.9 Å². The summed E-state index contributed by atoms with van der Waals surface area (Å²) in [7, 11) is 0. The predicted molar refractivity (Wildman–Crippen MR) is 95.4 cm³/mol. The van der Waals surface area contributed by atoms with Gasteiger partial charge in [0, 0.05) is 31.0 Å². The molecule has 1 aliphatic carbocycles. The third-order valence-corrected chi connectivity index (χ3v) is 5.69. The van der Waals surface area contributed by atoms with E-state index in [1.54, 1.807) is 6.20 Å². The lowest BCUT2D eigenvalue weighted by Gasteiger charge is -2.35. The second-order valence-electron chi connectivity index (χ2n) is 7.28. The van der Waals surface area contributed by atoms with Crippen molar-refractivity contribution in [2.75, 3.05) is 18.0 Å². The molecule has 7 nitrogen and oxygen atoms in total. The van der Waals surface area contributed by atoms with Crippen molar-refractivity contribution < 1.29 is 9.63 Å². The molecule has 0 spiro atoms. The molecule has 2 aliphatic rings. The van der Waals surface area contributed by atoms with Crippen LogP contribution in [0.1, 0.15) is 18.9 Å². The first-order valence-corrected chi connectivity index (χ1v) is 9.09. The molecular weight excluding hydrogens is 330 g/mol. The fourth-order valence-electron chi connectivity index (χ4n) is 4.37. The van der Waals surface area contributed by atoms with Crippen LogP contribution in [0.15, 0.2) is 53.3 Å². The topological polar surface area (TPSA) is 80.2 Å². The average molecular weight is 351 g/mol. The maximum absolute atomic E-state index is 10.6. The number of aromatic nitrogens is 4. The van der Waals surface area contributed by atoms with Gasteiger partial charge in [0.25, 0.3) is 0 Å². The summed E-state index contributed by atoms with van der Waals surface area (Å²) in [4.78, 5) is 6.74. The summed E-state index contributed by atoms with van der Waals surface area (Å²) in [6, 6.07) is 12.4. The number of nitrogens with zero attached hydrogens (tertiary/aromatic N) is 5. The average Bonchev–Trinajstić information content (AvgIpc) is 3.41. The molecule has 0 amide bonds. The quantitative estimate of drug-likeness (QED) is 0.780. The molecule has 3 heterocycles. The maximum Gasteiger partial charge on any atom is 0.324 e. The van der Waals surface area contributed by atoms with Gasteiger partial charge < -0.3 is 14.5 Å². The zero-order valence-electron chi connectivity index (χ0n) is 14.3. The van der Waals surface area contributed by atoms with Gasteiger partial charge in [-0.05, 0) is 30.7 Å².